The fourth-order valence-electron chi connectivity index (χ4n) is 4.19. The van der Waals surface area contributed by atoms with Crippen LogP contribution in [0.4, 0.5) is 13.2 Å². The number of morpholine rings is 1. The molecule has 0 radical (unpaired) electrons. The van der Waals surface area contributed by atoms with Crippen LogP contribution in [-0.2, 0) is 16.1 Å². The Morgan fingerprint density at radius 1 is 1.33 bits per heavy atom. The highest BCUT2D eigenvalue weighted by Gasteiger charge is 2.37. The van der Waals surface area contributed by atoms with Crippen LogP contribution in [0.15, 0.2) is 17.1 Å². The Kier molecular flexibility index (Phi) is 7.12. The van der Waals surface area contributed by atoms with E-state index in [1.165, 1.54) is 16.8 Å². The smallest absolute Gasteiger partial charge is 0.391 e. The SMILES string of the molecule is CC(C)Cn1c(=O)c(C(=O)NC2CC2)c(O)n2ncc(/C=C/C(=O)N3CCOCC3CC(F)(F)F)c12. The highest BCUT2D eigenvalue weighted by molar-refractivity contribution is 5.97. The van der Waals surface area contributed by atoms with Crippen LogP contribution in [0.5, 0.6) is 5.88 Å². The number of carbonyl (C=O) groups excluding carboxylic acids is 2. The van der Waals surface area contributed by atoms with Crippen molar-refractivity contribution >= 4 is 23.5 Å². The molecule has 1 aliphatic heterocycles. The van der Waals surface area contributed by atoms with Crippen LogP contribution in [0.1, 0.15) is 49.0 Å². The van der Waals surface area contributed by atoms with Gasteiger partial charge in [0.1, 0.15) is 5.65 Å². The third-order valence-corrected chi connectivity index (χ3v) is 5.98. The van der Waals surface area contributed by atoms with Gasteiger partial charge in [0.15, 0.2) is 5.56 Å². The van der Waals surface area contributed by atoms with Gasteiger partial charge in [0, 0.05) is 30.8 Å². The summed E-state index contributed by atoms with van der Waals surface area (Å²) in [5, 5.41) is 17.5. The van der Waals surface area contributed by atoms with Crippen molar-refractivity contribution in [1.29, 1.82) is 0 Å². The van der Waals surface area contributed by atoms with E-state index in [4.69, 9.17) is 4.74 Å². The van der Waals surface area contributed by atoms with Gasteiger partial charge in [-0.25, -0.2) is 0 Å². The number of alkyl halides is 3. The molecule has 1 unspecified atom stereocenters. The average Bonchev–Trinajstić information content (AvgIpc) is 3.49. The van der Waals surface area contributed by atoms with Gasteiger partial charge in [-0.1, -0.05) is 13.8 Å². The largest absolute Gasteiger partial charge is 0.492 e. The maximum Gasteiger partial charge on any atom is 0.391 e. The van der Waals surface area contributed by atoms with Gasteiger partial charge in [-0.3, -0.25) is 19.0 Å². The summed E-state index contributed by atoms with van der Waals surface area (Å²) in [5.41, 5.74) is -0.682. The van der Waals surface area contributed by atoms with Crippen LogP contribution in [0.25, 0.3) is 11.7 Å². The Morgan fingerprint density at radius 3 is 2.69 bits per heavy atom. The number of fused-ring (bicyclic) bond motifs is 1. The molecule has 2 aliphatic rings. The molecule has 2 fully saturated rings. The summed E-state index contributed by atoms with van der Waals surface area (Å²) in [6.07, 6.45) is -0.282. The van der Waals surface area contributed by atoms with E-state index in [1.807, 2.05) is 13.8 Å². The van der Waals surface area contributed by atoms with Gasteiger partial charge in [-0.2, -0.15) is 22.8 Å². The van der Waals surface area contributed by atoms with E-state index in [0.29, 0.717) is 0 Å². The number of aromatic hydroxyl groups is 1. The number of hydrogen-bond donors (Lipinski definition) is 2. The Morgan fingerprint density at radius 2 is 2.06 bits per heavy atom. The fraction of sp³-hybridized carbons (Fsp3) is 0.565. The highest BCUT2D eigenvalue weighted by atomic mass is 19.4. The lowest BCUT2D eigenvalue weighted by Gasteiger charge is -2.35. The number of rotatable bonds is 7. The van der Waals surface area contributed by atoms with Crippen molar-refractivity contribution in [3.8, 4) is 5.88 Å². The van der Waals surface area contributed by atoms with E-state index < -0.39 is 47.5 Å². The second-order valence-corrected chi connectivity index (χ2v) is 9.50. The number of nitrogens with one attached hydrogen (secondary N) is 1. The summed E-state index contributed by atoms with van der Waals surface area (Å²) in [7, 11) is 0. The Balaban J connectivity index is 1.69. The quantitative estimate of drug-likeness (QED) is 0.549. The molecule has 13 heteroatoms. The lowest BCUT2D eigenvalue weighted by molar-refractivity contribution is -0.164. The molecule has 10 nitrogen and oxygen atoms in total. The van der Waals surface area contributed by atoms with Crippen LogP contribution in [0, 0.1) is 5.92 Å². The zero-order chi connectivity index (χ0) is 26.2. The number of carbonyl (C=O) groups is 2. The van der Waals surface area contributed by atoms with Crippen LogP contribution in [-0.4, -0.2) is 74.0 Å². The standard InChI is InChI=1S/C23H28F3N5O5/c1-13(2)11-30-20-14(3-6-17(32)29-7-8-36-12-16(29)9-23(24,25)26)10-27-31(20)22(35)18(21(30)34)19(33)28-15-4-5-15/h3,6,10,13,15-16,35H,4-5,7-9,11-12H2,1-2H3,(H,28,33)/b6-3+. The summed E-state index contributed by atoms with van der Waals surface area (Å²) < 4.78 is 46.3. The van der Waals surface area contributed by atoms with E-state index in [2.05, 4.69) is 10.4 Å². The minimum absolute atomic E-state index is 0.0109. The van der Waals surface area contributed by atoms with Crippen molar-refractivity contribution in [3.05, 3.63) is 33.8 Å². The predicted molar refractivity (Wildman–Crippen MR) is 122 cm³/mol. The molecule has 2 aromatic rings. The first kappa shape index (κ1) is 25.7. The number of nitrogens with zero attached hydrogens (tertiary/aromatic N) is 4. The van der Waals surface area contributed by atoms with E-state index in [0.717, 1.165) is 28.3 Å². The molecule has 0 spiro atoms. The third-order valence-electron chi connectivity index (χ3n) is 5.98. The normalized spacial score (nSPS) is 18.9. The van der Waals surface area contributed by atoms with Gasteiger partial charge in [0.05, 0.1) is 31.9 Å². The van der Waals surface area contributed by atoms with Gasteiger partial charge in [-0.05, 0) is 24.8 Å². The summed E-state index contributed by atoms with van der Waals surface area (Å²) in [6, 6.07) is -1.18. The van der Waals surface area contributed by atoms with Gasteiger partial charge in [-0.15, -0.1) is 0 Å². The summed E-state index contributed by atoms with van der Waals surface area (Å²) in [4.78, 5) is 39.8. The first-order chi connectivity index (χ1) is 17.0. The van der Waals surface area contributed by atoms with Crippen molar-refractivity contribution < 1.29 is 32.6 Å². The van der Waals surface area contributed by atoms with Crippen LogP contribution in [0.2, 0.25) is 0 Å². The Labute approximate surface area is 204 Å². The molecule has 2 N–H and O–H groups in total. The number of aromatic nitrogens is 3. The maximum atomic E-state index is 13.3. The van der Waals surface area contributed by atoms with Crippen molar-refractivity contribution in [2.45, 2.75) is 57.9 Å². The molecule has 1 saturated carbocycles. The first-order valence-electron chi connectivity index (χ1n) is 11.7. The molecule has 1 saturated heterocycles. The van der Waals surface area contributed by atoms with Crippen molar-refractivity contribution in [2.24, 2.45) is 5.92 Å². The van der Waals surface area contributed by atoms with Gasteiger partial charge < -0.3 is 20.1 Å². The second kappa shape index (κ2) is 9.96. The van der Waals surface area contributed by atoms with Crippen molar-refractivity contribution in [3.63, 3.8) is 0 Å². The van der Waals surface area contributed by atoms with Crippen molar-refractivity contribution in [1.82, 2.24) is 24.4 Å². The molecule has 196 valence electrons. The van der Waals surface area contributed by atoms with Crippen LogP contribution in [0.3, 0.4) is 0 Å². The number of hydrogen-bond acceptors (Lipinski definition) is 6. The van der Waals surface area contributed by atoms with Gasteiger partial charge >= 0.3 is 6.18 Å². The molecular formula is C23H28F3N5O5. The highest BCUT2D eigenvalue weighted by Crippen LogP contribution is 2.27. The summed E-state index contributed by atoms with van der Waals surface area (Å²) in [5.74, 6) is -1.97. The molecule has 2 aromatic heterocycles. The van der Waals surface area contributed by atoms with Crippen LogP contribution >= 0.6 is 0 Å². The first-order valence-corrected chi connectivity index (χ1v) is 11.7. The minimum atomic E-state index is -4.45. The Bertz CT molecular complexity index is 1250. The summed E-state index contributed by atoms with van der Waals surface area (Å²) >= 11 is 0. The van der Waals surface area contributed by atoms with E-state index in [9.17, 15) is 32.7 Å². The Hall–Kier alpha value is -3.35. The average molecular weight is 512 g/mol. The van der Waals surface area contributed by atoms with E-state index in [1.54, 1.807) is 0 Å². The molecule has 1 aliphatic carbocycles. The van der Waals surface area contributed by atoms with Crippen molar-refractivity contribution in [2.75, 3.05) is 19.8 Å². The lowest BCUT2D eigenvalue weighted by atomic mass is 10.1. The fourth-order valence-corrected chi connectivity index (χ4v) is 4.19. The van der Waals surface area contributed by atoms with E-state index in [-0.39, 0.29) is 49.5 Å². The predicted octanol–water partition coefficient (Wildman–Crippen LogP) is 1.94. The lowest BCUT2D eigenvalue weighted by Crippen LogP contribution is -2.49. The molecule has 1 atom stereocenters. The maximum absolute atomic E-state index is 13.3. The topological polar surface area (TPSA) is 118 Å². The molecule has 0 aromatic carbocycles. The molecule has 36 heavy (non-hydrogen) atoms. The van der Waals surface area contributed by atoms with Crippen LogP contribution < -0.4 is 10.9 Å². The molecule has 4 rings (SSSR count). The number of amides is 2. The van der Waals surface area contributed by atoms with Gasteiger partial charge in [0.25, 0.3) is 11.5 Å². The monoisotopic (exact) mass is 511 g/mol. The third kappa shape index (κ3) is 5.55. The molecular weight excluding hydrogens is 483 g/mol. The number of ether oxygens (including phenoxy) is 1. The zero-order valence-electron chi connectivity index (χ0n) is 19.9. The molecule has 3 heterocycles. The van der Waals surface area contributed by atoms with Gasteiger partial charge in [0.2, 0.25) is 11.8 Å². The summed E-state index contributed by atoms with van der Waals surface area (Å²) in [6.45, 7) is 3.85. The zero-order valence-corrected chi connectivity index (χ0v) is 19.9. The number of halogens is 3. The second-order valence-electron chi connectivity index (χ2n) is 9.50. The molecule has 0 bridgehead atoms. The minimum Gasteiger partial charge on any atom is -0.492 e. The van der Waals surface area contributed by atoms with E-state index >= 15 is 0 Å². The molecule has 2 amide bonds.